The van der Waals surface area contributed by atoms with Crippen LogP contribution in [0.1, 0.15) is 49.5 Å². The predicted octanol–water partition coefficient (Wildman–Crippen LogP) is 6.64. The molecule has 1 N–H and O–H groups in total. The van der Waals surface area contributed by atoms with Crippen molar-refractivity contribution in [2.45, 2.75) is 38.5 Å². The van der Waals surface area contributed by atoms with Gasteiger partial charge in [-0.1, -0.05) is 47.5 Å². The van der Waals surface area contributed by atoms with E-state index >= 15 is 0 Å². The van der Waals surface area contributed by atoms with E-state index in [1.807, 2.05) is 68.4 Å². The van der Waals surface area contributed by atoms with Crippen LogP contribution in [0.3, 0.4) is 0 Å². The van der Waals surface area contributed by atoms with E-state index in [4.69, 9.17) is 33.2 Å². The molecule has 3 aromatic carbocycles. The van der Waals surface area contributed by atoms with Crippen LogP contribution in [0.2, 0.25) is 10.0 Å². The Morgan fingerprint density at radius 1 is 1.06 bits per heavy atom. The van der Waals surface area contributed by atoms with Gasteiger partial charge in [0.25, 0.3) is 0 Å². The van der Waals surface area contributed by atoms with Gasteiger partial charge in [-0.15, -0.1) is 0 Å². The van der Waals surface area contributed by atoms with E-state index in [0.29, 0.717) is 21.4 Å². The van der Waals surface area contributed by atoms with Crippen molar-refractivity contribution in [3.8, 4) is 11.8 Å². The molecule has 7 heteroatoms. The highest BCUT2D eigenvalue weighted by atomic mass is 35.5. The van der Waals surface area contributed by atoms with Crippen molar-refractivity contribution in [3.05, 3.63) is 93.5 Å². The van der Waals surface area contributed by atoms with Gasteiger partial charge in [0.15, 0.2) is 0 Å². The van der Waals surface area contributed by atoms with Gasteiger partial charge in [0.2, 0.25) is 0 Å². The van der Waals surface area contributed by atoms with Crippen LogP contribution in [0.5, 0.6) is 5.75 Å². The highest BCUT2D eigenvalue weighted by Crippen LogP contribution is 2.39. The lowest BCUT2D eigenvalue weighted by Gasteiger charge is -2.45. The summed E-state index contributed by atoms with van der Waals surface area (Å²) >= 11 is 13.0. The molecule has 1 saturated heterocycles. The number of aliphatic hydroxyl groups excluding tert-OH is 1. The Hall–Kier alpha value is -2.75. The molecule has 188 valence electrons. The molecule has 3 aromatic rings. The summed E-state index contributed by atoms with van der Waals surface area (Å²) < 4.78 is 5.92. The average Bonchev–Trinajstić information content (AvgIpc) is 2.88. The van der Waals surface area contributed by atoms with E-state index in [9.17, 15) is 5.11 Å². The first-order valence-corrected chi connectivity index (χ1v) is 12.8. The Balaban J connectivity index is 1.62. The Kier molecular flexibility index (Phi) is 8.12. The molecule has 5 nitrogen and oxygen atoms in total. The zero-order valence-corrected chi connectivity index (χ0v) is 22.3. The van der Waals surface area contributed by atoms with Crippen LogP contribution < -0.4 is 9.64 Å². The van der Waals surface area contributed by atoms with Gasteiger partial charge in [0, 0.05) is 36.8 Å². The number of hydrogen-bond donors (Lipinski definition) is 1. The second kappa shape index (κ2) is 11.1. The highest BCUT2D eigenvalue weighted by Gasteiger charge is 2.32. The van der Waals surface area contributed by atoms with Crippen molar-refractivity contribution >= 4 is 28.9 Å². The average molecular weight is 524 g/mol. The van der Waals surface area contributed by atoms with Gasteiger partial charge in [-0.25, -0.2) is 0 Å². The standard InChI is InChI=1S/C29H31Cl2N3O2/c1-20(22-6-4-21(17-32)5-7-22)33-14-15-34(28(18-33)23-8-10-24(30)11-9-23)27-13-12-25(16-26(27)31)36-29(2,3)19-35/h4-13,16,20,28,35H,14-15,18-19H2,1-3H3/t20-,28-/m0/s1. The molecule has 1 aliphatic rings. The maximum Gasteiger partial charge on any atom is 0.126 e. The molecule has 0 unspecified atom stereocenters. The van der Waals surface area contributed by atoms with Gasteiger partial charge < -0.3 is 14.7 Å². The Morgan fingerprint density at radius 3 is 2.36 bits per heavy atom. The van der Waals surface area contributed by atoms with Crippen molar-refractivity contribution in [2.75, 3.05) is 31.1 Å². The van der Waals surface area contributed by atoms with Crippen LogP contribution in [0.4, 0.5) is 5.69 Å². The molecular weight excluding hydrogens is 493 g/mol. The fourth-order valence-electron chi connectivity index (χ4n) is 4.60. The number of nitrogens with zero attached hydrogens (tertiary/aromatic N) is 3. The molecule has 0 amide bonds. The first kappa shape index (κ1) is 26.3. The van der Waals surface area contributed by atoms with Gasteiger partial charge in [-0.3, -0.25) is 4.90 Å². The fraction of sp³-hybridized carbons (Fsp3) is 0.345. The minimum atomic E-state index is -0.691. The molecule has 36 heavy (non-hydrogen) atoms. The molecule has 0 spiro atoms. The molecule has 2 atom stereocenters. The molecular formula is C29H31Cl2N3O2. The number of anilines is 1. The van der Waals surface area contributed by atoms with E-state index in [-0.39, 0.29) is 18.7 Å². The van der Waals surface area contributed by atoms with E-state index in [1.54, 1.807) is 0 Å². The zero-order valence-electron chi connectivity index (χ0n) is 20.8. The topological polar surface area (TPSA) is 59.7 Å². The van der Waals surface area contributed by atoms with Crippen molar-refractivity contribution in [3.63, 3.8) is 0 Å². The van der Waals surface area contributed by atoms with Crippen molar-refractivity contribution in [1.82, 2.24) is 4.90 Å². The number of rotatable bonds is 7. The summed E-state index contributed by atoms with van der Waals surface area (Å²) in [4.78, 5) is 4.81. The van der Waals surface area contributed by atoms with E-state index in [0.717, 1.165) is 30.9 Å². The summed E-state index contributed by atoms with van der Waals surface area (Å²) in [6.07, 6.45) is 0. The largest absolute Gasteiger partial charge is 0.485 e. The van der Waals surface area contributed by atoms with Crippen LogP contribution in [0, 0.1) is 11.3 Å². The molecule has 0 aliphatic carbocycles. The van der Waals surface area contributed by atoms with Crippen LogP contribution >= 0.6 is 23.2 Å². The number of nitriles is 1. The Bertz CT molecular complexity index is 1220. The molecule has 1 aliphatic heterocycles. The fourth-order valence-corrected chi connectivity index (χ4v) is 5.00. The van der Waals surface area contributed by atoms with E-state index in [1.165, 1.54) is 5.56 Å². The minimum Gasteiger partial charge on any atom is -0.485 e. The lowest BCUT2D eigenvalue weighted by molar-refractivity contribution is 0.0413. The molecule has 0 aromatic heterocycles. The van der Waals surface area contributed by atoms with Crippen LogP contribution in [-0.4, -0.2) is 41.8 Å². The smallest absolute Gasteiger partial charge is 0.126 e. The van der Waals surface area contributed by atoms with Gasteiger partial charge >= 0.3 is 0 Å². The van der Waals surface area contributed by atoms with Crippen LogP contribution in [0.15, 0.2) is 66.7 Å². The maximum atomic E-state index is 9.55. The normalized spacial score (nSPS) is 17.5. The van der Waals surface area contributed by atoms with E-state index in [2.05, 4.69) is 34.9 Å². The quantitative estimate of drug-likeness (QED) is 0.376. The third-order valence-electron chi connectivity index (χ3n) is 6.74. The number of aliphatic hydroxyl groups is 1. The molecule has 1 fully saturated rings. The SMILES string of the molecule is C[C@@H](c1ccc(C#N)cc1)N1CCN(c2ccc(OC(C)(C)CO)cc2Cl)[C@H](c2ccc(Cl)cc2)C1. The van der Waals surface area contributed by atoms with Crippen molar-refractivity contribution < 1.29 is 9.84 Å². The summed E-state index contributed by atoms with van der Waals surface area (Å²) in [5.74, 6) is 0.624. The third kappa shape index (κ3) is 5.96. The van der Waals surface area contributed by atoms with Crippen LogP contribution in [0.25, 0.3) is 0 Å². The predicted molar refractivity (Wildman–Crippen MR) is 146 cm³/mol. The zero-order chi connectivity index (χ0) is 25.9. The number of hydrogen-bond acceptors (Lipinski definition) is 5. The second-order valence-electron chi connectivity index (χ2n) is 9.80. The minimum absolute atomic E-state index is 0.0648. The Labute approximate surface area is 223 Å². The van der Waals surface area contributed by atoms with Gasteiger partial charge in [-0.2, -0.15) is 5.26 Å². The van der Waals surface area contributed by atoms with Gasteiger partial charge in [0.05, 0.1) is 35.0 Å². The molecule has 1 heterocycles. The highest BCUT2D eigenvalue weighted by molar-refractivity contribution is 6.33. The Morgan fingerprint density at radius 2 is 1.75 bits per heavy atom. The second-order valence-corrected chi connectivity index (χ2v) is 10.6. The molecule has 0 saturated carbocycles. The maximum absolute atomic E-state index is 9.55. The van der Waals surface area contributed by atoms with E-state index < -0.39 is 5.60 Å². The first-order valence-electron chi connectivity index (χ1n) is 12.1. The summed E-state index contributed by atoms with van der Waals surface area (Å²) in [7, 11) is 0. The van der Waals surface area contributed by atoms with Crippen molar-refractivity contribution in [2.24, 2.45) is 0 Å². The number of benzene rings is 3. The summed E-state index contributed by atoms with van der Waals surface area (Å²) in [6, 6.07) is 24.0. The van der Waals surface area contributed by atoms with Crippen molar-refractivity contribution in [1.29, 1.82) is 5.26 Å². The van der Waals surface area contributed by atoms with Gasteiger partial charge in [0.1, 0.15) is 11.4 Å². The number of ether oxygens (including phenoxy) is 1. The molecule has 4 rings (SSSR count). The lowest BCUT2D eigenvalue weighted by atomic mass is 9.98. The lowest BCUT2D eigenvalue weighted by Crippen LogP contribution is -2.49. The number of halogens is 2. The van der Waals surface area contributed by atoms with Crippen LogP contribution in [-0.2, 0) is 0 Å². The summed E-state index contributed by atoms with van der Waals surface area (Å²) in [5, 5.41) is 20.0. The first-order chi connectivity index (χ1) is 17.2. The summed E-state index contributed by atoms with van der Waals surface area (Å²) in [5.41, 5.74) is 3.26. The number of piperazine rings is 1. The third-order valence-corrected chi connectivity index (χ3v) is 7.29. The van der Waals surface area contributed by atoms with Gasteiger partial charge in [-0.05, 0) is 68.3 Å². The molecule has 0 bridgehead atoms. The monoisotopic (exact) mass is 523 g/mol. The molecule has 0 radical (unpaired) electrons. The summed E-state index contributed by atoms with van der Waals surface area (Å²) in [6.45, 7) is 8.23.